The van der Waals surface area contributed by atoms with E-state index < -0.39 is 22.5 Å². The van der Waals surface area contributed by atoms with E-state index in [-0.39, 0.29) is 18.1 Å². The maximum atomic E-state index is 12.1. The molecule has 0 aliphatic heterocycles. The Morgan fingerprint density at radius 3 is 2.50 bits per heavy atom. The molecule has 0 fully saturated rings. The van der Waals surface area contributed by atoms with E-state index in [2.05, 4.69) is 11.6 Å². The summed E-state index contributed by atoms with van der Waals surface area (Å²) in [4.78, 5) is 11.8. The Kier molecular flexibility index (Phi) is 7.17. The third kappa shape index (κ3) is 6.16. The Bertz CT molecular complexity index is 831. The van der Waals surface area contributed by atoms with Crippen LogP contribution in [0.3, 0.4) is 0 Å². The Morgan fingerprint density at radius 2 is 1.81 bits per heavy atom. The van der Waals surface area contributed by atoms with Crippen LogP contribution in [0.5, 0.6) is 5.75 Å². The monoisotopic (exact) mass is 377 g/mol. The quantitative estimate of drug-likeness (QED) is 0.536. The number of hydrogen-bond acceptors (Lipinski definition) is 5. The maximum absolute atomic E-state index is 12.1. The van der Waals surface area contributed by atoms with Gasteiger partial charge in [0.1, 0.15) is 25.5 Å². The van der Waals surface area contributed by atoms with Gasteiger partial charge in [-0.2, -0.15) is 4.72 Å². The van der Waals surface area contributed by atoms with E-state index in [1.165, 1.54) is 12.1 Å². The van der Waals surface area contributed by atoms with Crippen molar-refractivity contribution in [3.63, 3.8) is 0 Å². The highest BCUT2D eigenvalue weighted by atomic mass is 32.2. The van der Waals surface area contributed by atoms with E-state index in [0.717, 1.165) is 17.5 Å². The van der Waals surface area contributed by atoms with Gasteiger partial charge in [-0.15, -0.1) is 0 Å². The summed E-state index contributed by atoms with van der Waals surface area (Å²) in [7, 11) is -3.74. The van der Waals surface area contributed by atoms with Crippen molar-refractivity contribution in [3.8, 4) is 5.75 Å². The average Bonchev–Trinajstić information content (AvgIpc) is 2.64. The number of aryl methyl sites for hydroxylation is 2. The summed E-state index contributed by atoms with van der Waals surface area (Å²) in [6.07, 6.45) is 0.910. The van der Waals surface area contributed by atoms with Crippen molar-refractivity contribution in [1.29, 1.82) is 0 Å². The summed E-state index contributed by atoms with van der Waals surface area (Å²) in [6.45, 7) is 3.73. The first-order chi connectivity index (χ1) is 12.4. The van der Waals surface area contributed by atoms with Crippen LogP contribution in [0, 0.1) is 6.92 Å². The lowest BCUT2D eigenvalue weighted by Gasteiger charge is -2.09. The first-order valence-corrected chi connectivity index (χ1v) is 9.82. The number of benzene rings is 2. The molecular formula is C19H23NO5S. The van der Waals surface area contributed by atoms with Gasteiger partial charge in [-0.25, -0.2) is 8.42 Å². The van der Waals surface area contributed by atoms with Crippen molar-refractivity contribution in [2.75, 3.05) is 19.8 Å². The van der Waals surface area contributed by atoms with Crippen molar-refractivity contribution in [3.05, 3.63) is 59.7 Å². The highest BCUT2D eigenvalue weighted by Crippen LogP contribution is 2.13. The molecule has 7 heteroatoms. The molecule has 0 unspecified atom stereocenters. The van der Waals surface area contributed by atoms with Crippen molar-refractivity contribution < 1.29 is 22.7 Å². The van der Waals surface area contributed by atoms with E-state index in [9.17, 15) is 13.2 Å². The van der Waals surface area contributed by atoms with Gasteiger partial charge in [-0.05, 0) is 43.2 Å². The van der Waals surface area contributed by atoms with Crippen LogP contribution in [0.2, 0.25) is 0 Å². The van der Waals surface area contributed by atoms with E-state index in [4.69, 9.17) is 9.47 Å². The number of esters is 1. The van der Waals surface area contributed by atoms with E-state index in [1.807, 2.05) is 31.2 Å². The topological polar surface area (TPSA) is 81.7 Å². The highest BCUT2D eigenvalue weighted by molar-refractivity contribution is 7.89. The van der Waals surface area contributed by atoms with Gasteiger partial charge in [-0.3, -0.25) is 4.79 Å². The van der Waals surface area contributed by atoms with Crippen molar-refractivity contribution >= 4 is 16.0 Å². The molecule has 1 N–H and O–H groups in total. The maximum Gasteiger partial charge on any atom is 0.321 e. The Hall–Kier alpha value is -2.38. The first kappa shape index (κ1) is 19.9. The molecule has 0 amide bonds. The predicted octanol–water partition coefficient (Wildman–Crippen LogP) is 2.46. The summed E-state index contributed by atoms with van der Waals surface area (Å²) in [5.41, 5.74) is 2.11. The number of carbonyl (C=O) groups is 1. The number of rotatable bonds is 9. The Morgan fingerprint density at radius 1 is 1.08 bits per heavy atom. The number of ether oxygens (including phenoxy) is 2. The summed E-state index contributed by atoms with van der Waals surface area (Å²) >= 11 is 0. The minimum Gasteiger partial charge on any atom is -0.490 e. The molecule has 0 aromatic heterocycles. The van der Waals surface area contributed by atoms with E-state index >= 15 is 0 Å². The summed E-state index contributed by atoms with van der Waals surface area (Å²) in [5, 5.41) is 0. The normalized spacial score (nSPS) is 11.2. The number of hydrogen-bond donors (Lipinski definition) is 1. The van der Waals surface area contributed by atoms with Crippen LogP contribution >= 0.6 is 0 Å². The van der Waals surface area contributed by atoms with Gasteiger partial charge in [0.05, 0.1) is 4.90 Å². The molecule has 0 bridgehead atoms. The summed E-state index contributed by atoms with van der Waals surface area (Å²) in [6, 6.07) is 14.0. The molecule has 0 atom stereocenters. The number of nitrogens with one attached hydrogen (secondary N) is 1. The largest absolute Gasteiger partial charge is 0.490 e. The first-order valence-electron chi connectivity index (χ1n) is 8.34. The second kappa shape index (κ2) is 9.35. The zero-order valence-electron chi connectivity index (χ0n) is 14.9. The molecule has 0 saturated carbocycles. The van der Waals surface area contributed by atoms with Gasteiger partial charge in [-0.1, -0.05) is 36.8 Å². The second-order valence-electron chi connectivity index (χ2n) is 5.71. The molecule has 0 spiro atoms. The minimum atomic E-state index is -3.74. The second-order valence-corrected chi connectivity index (χ2v) is 7.47. The summed E-state index contributed by atoms with van der Waals surface area (Å²) < 4.78 is 36.9. The highest BCUT2D eigenvalue weighted by Gasteiger charge is 2.15. The van der Waals surface area contributed by atoms with Gasteiger partial charge >= 0.3 is 5.97 Å². The third-order valence-corrected chi connectivity index (χ3v) is 5.08. The fourth-order valence-electron chi connectivity index (χ4n) is 2.18. The summed E-state index contributed by atoms with van der Waals surface area (Å²) in [5.74, 6) is 0.0482. The molecule has 0 aliphatic carbocycles. The zero-order valence-corrected chi connectivity index (χ0v) is 15.7. The van der Waals surface area contributed by atoms with Gasteiger partial charge in [0.25, 0.3) is 0 Å². The van der Waals surface area contributed by atoms with Crippen LogP contribution in [0.4, 0.5) is 0 Å². The number of carbonyl (C=O) groups excluding carboxylic acids is 1. The fourth-order valence-corrected chi connectivity index (χ4v) is 3.14. The average molecular weight is 377 g/mol. The molecule has 6 nitrogen and oxygen atoms in total. The Labute approximate surface area is 154 Å². The third-order valence-electron chi connectivity index (χ3n) is 3.66. The standard InChI is InChI=1S/C19H23NO5S/c1-3-16-5-4-6-17(13-16)24-11-12-25-19(21)14-20-26(22,23)18-9-7-15(2)8-10-18/h4-10,13,20H,3,11-12,14H2,1-2H3. The zero-order chi connectivity index (χ0) is 19.0. The fraction of sp³-hybridized carbons (Fsp3) is 0.316. The van der Waals surface area contributed by atoms with Crippen LogP contribution in [0.15, 0.2) is 53.4 Å². The van der Waals surface area contributed by atoms with Crippen LogP contribution in [0.25, 0.3) is 0 Å². The van der Waals surface area contributed by atoms with Crippen LogP contribution in [-0.4, -0.2) is 34.1 Å². The van der Waals surface area contributed by atoms with Crippen LogP contribution in [0.1, 0.15) is 18.1 Å². The predicted molar refractivity (Wildman–Crippen MR) is 98.6 cm³/mol. The van der Waals surface area contributed by atoms with Gasteiger partial charge < -0.3 is 9.47 Å². The van der Waals surface area contributed by atoms with E-state index in [0.29, 0.717) is 5.75 Å². The van der Waals surface area contributed by atoms with E-state index in [1.54, 1.807) is 12.1 Å². The molecule has 2 rings (SSSR count). The lowest BCUT2D eigenvalue weighted by atomic mass is 10.2. The number of sulfonamides is 1. The molecule has 0 heterocycles. The molecule has 0 aliphatic rings. The van der Waals surface area contributed by atoms with Gasteiger partial charge in [0.2, 0.25) is 10.0 Å². The van der Waals surface area contributed by atoms with Gasteiger partial charge in [0.15, 0.2) is 0 Å². The molecule has 0 saturated heterocycles. The lowest BCUT2D eigenvalue weighted by Crippen LogP contribution is -2.31. The SMILES string of the molecule is CCc1cccc(OCCOC(=O)CNS(=O)(=O)c2ccc(C)cc2)c1. The molecular weight excluding hydrogens is 354 g/mol. The van der Waals surface area contributed by atoms with Crippen molar-refractivity contribution in [1.82, 2.24) is 4.72 Å². The molecule has 0 radical (unpaired) electrons. The smallest absolute Gasteiger partial charge is 0.321 e. The van der Waals surface area contributed by atoms with Gasteiger partial charge in [0, 0.05) is 0 Å². The van der Waals surface area contributed by atoms with Crippen molar-refractivity contribution in [2.24, 2.45) is 0 Å². The molecule has 140 valence electrons. The van der Waals surface area contributed by atoms with Crippen LogP contribution in [-0.2, 0) is 26.0 Å². The van der Waals surface area contributed by atoms with Crippen LogP contribution < -0.4 is 9.46 Å². The molecule has 2 aromatic carbocycles. The minimum absolute atomic E-state index is 0.0431. The lowest BCUT2D eigenvalue weighted by molar-refractivity contribution is -0.142. The molecule has 2 aromatic rings. The molecule has 26 heavy (non-hydrogen) atoms. The van der Waals surface area contributed by atoms with Crippen molar-refractivity contribution in [2.45, 2.75) is 25.2 Å². The Balaban J connectivity index is 1.72.